The summed E-state index contributed by atoms with van der Waals surface area (Å²) < 4.78 is 1.98. The lowest BCUT2D eigenvalue weighted by Crippen LogP contribution is -1.98. The third-order valence-corrected chi connectivity index (χ3v) is 6.24. The molecule has 31 heavy (non-hydrogen) atoms. The van der Waals surface area contributed by atoms with E-state index in [0.29, 0.717) is 5.56 Å². The van der Waals surface area contributed by atoms with Crippen LogP contribution in [0.1, 0.15) is 0 Å². The third-order valence-electron chi connectivity index (χ3n) is 4.85. The van der Waals surface area contributed by atoms with Gasteiger partial charge >= 0.3 is 0 Å². The summed E-state index contributed by atoms with van der Waals surface area (Å²) in [6, 6.07) is 13.6. The largest absolute Gasteiger partial charge is 0.504 e. The molecule has 5 aromatic rings. The molecule has 5 rings (SSSR count). The highest BCUT2D eigenvalue weighted by atomic mass is 35.5. The van der Waals surface area contributed by atoms with E-state index in [1.165, 1.54) is 0 Å². The van der Waals surface area contributed by atoms with Crippen LogP contribution in [0.2, 0.25) is 5.28 Å². The monoisotopic (exact) mass is 453 g/mol. The minimum Gasteiger partial charge on any atom is -0.504 e. The van der Waals surface area contributed by atoms with E-state index in [2.05, 4.69) is 15.0 Å². The summed E-state index contributed by atoms with van der Waals surface area (Å²) in [6.45, 7) is 0. The van der Waals surface area contributed by atoms with Crippen molar-refractivity contribution in [2.45, 2.75) is 0 Å². The van der Waals surface area contributed by atoms with Crippen LogP contribution < -0.4 is 0 Å². The summed E-state index contributed by atoms with van der Waals surface area (Å²) >= 11 is 7.65. The maximum absolute atomic E-state index is 10.2. The van der Waals surface area contributed by atoms with Crippen LogP contribution in [0.5, 0.6) is 28.7 Å². The molecule has 0 atom stereocenters. The van der Waals surface area contributed by atoms with Crippen LogP contribution in [0.4, 0.5) is 0 Å². The van der Waals surface area contributed by atoms with Gasteiger partial charge in [-0.05, 0) is 23.7 Å². The Morgan fingerprint density at radius 2 is 1.26 bits per heavy atom. The number of hydrogen-bond donors (Lipinski definition) is 5. The molecule has 2 heterocycles. The van der Waals surface area contributed by atoms with Crippen molar-refractivity contribution in [1.29, 1.82) is 0 Å². The van der Waals surface area contributed by atoms with E-state index in [-0.39, 0.29) is 16.9 Å². The molecule has 0 bridgehead atoms. The van der Waals surface area contributed by atoms with Gasteiger partial charge in [-0.2, -0.15) is 9.97 Å². The van der Waals surface area contributed by atoms with Crippen LogP contribution in [0, 0.1) is 0 Å². The summed E-state index contributed by atoms with van der Waals surface area (Å²) in [5.74, 6) is -5.10. The van der Waals surface area contributed by atoms with Crippen molar-refractivity contribution in [2.24, 2.45) is 0 Å². The molecule has 0 aliphatic carbocycles. The second-order valence-corrected chi connectivity index (χ2v) is 8.04. The van der Waals surface area contributed by atoms with Crippen molar-refractivity contribution in [3.63, 3.8) is 0 Å². The van der Waals surface area contributed by atoms with E-state index in [9.17, 15) is 25.5 Å². The van der Waals surface area contributed by atoms with E-state index in [1.807, 2.05) is 36.4 Å². The molecule has 0 aliphatic rings. The molecule has 3 aromatic carbocycles. The Morgan fingerprint density at radius 3 is 2.00 bits per heavy atom. The summed E-state index contributed by atoms with van der Waals surface area (Å²) in [5, 5.41) is 51.6. The molecule has 0 spiro atoms. The minimum atomic E-state index is -1.07. The maximum atomic E-state index is 10.2. The molecule has 10 heteroatoms. The fourth-order valence-corrected chi connectivity index (χ4v) is 4.77. The van der Waals surface area contributed by atoms with Crippen LogP contribution in [-0.2, 0) is 0 Å². The Kier molecular flexibility index (Phi) is 4.24. The molecule has 0 saturated carbocycles. The van der Waals surface area contributed by atoms with Gasteiger partial charge in [0.2, 0.25) is 22.5 Å². The molecule has 0 unspecified atom stereocenters. The van der Waals surface area contributed by atoms with Gasteiger partial charge in [-0.15, -0.1) is 11.3 Å². The molecular formula is C21H12ClN3O5S. The molecule has 0 radical (unpaired) electrons. The number of thiophene rings is 1. The zero-order valence-corrected chi connectivity index (χ0v) is 17.0. The molecule has 154 valence electrons. The maximum Gasteiger partial charge on any atom is 0.226 e. The van der Waals surface area contributed by atoms with E-state index in [0.717, 1.165) is 20.2 Å². The molecule has 5 N–H and O–H groups in total. The predicted molar refractivity (Wildman–Crippen MR) is 117 cm³/mol. The van der Waals surface area contributed by atoms with Gasteiger partial charge in [0.1, 0.15) is 5.56 Å². The van der Waals surface area contributed by atoms with Crippen molar-refractivity contribution < 1.29 is 25.5 Å². The van der Waals surface area contributed by atoms with Crippen molar-refractivity contribution in [1.82, 2.24) is 15.0 Å². The third kappa shape index (κ3) is 2.86. The lowest BCUT2D eigenvalue weighted by molar-refractivity contribution is 0.329. The van der Waals surface area contributed by atoms with Crippen molar-refractivity contribution in [3.8, 4) is 51.5 Å². The van der Waals surface area contributed by atoms with Gasteiger partial charge in [-0.3, -0.25) is 0 Å². The molecule has 0 aliphatic heterocycles. The van der Waals surface area contributed by atoms with Gasteiger partial charge in [0.05, 0.1) is 0 Å². The Morgan fingerprint density at radius 1 is 0.645 bits per heavy atom. The first-order chi connectivity index (χ1) is 14.9. The average molecular weight is 454 g/mol. The Hall–Kier alpha value is -3.82. The van der Waals surface area contributed by atoms with Crippen LogP contribution >= 0.6 is 22.9 Å². The zero-order chi connectivity index (χ0) is 21.9. The Bertz CT molecular complexity index is 1490. The topological polar surface area (TPSA) is 140 Å². The van der Waals surface area contributed by atoms with Crippen LogP contribution in [0.3, 0.4) is 0 Å². The van der Waals surface area contributed by atoms with Gasteiger partial charge in [0.25, 0.3) is 0 Å². The molecular weight excluding hydrogens is 442 g/mol. The van der Waals surface area contributed by atoms with Gasteiger partial charge in [-0.1, -0.05) is 30.3 Å². The van der Waals surface area contributed by atoms with Crippen molar-refractivity contribution >= 4 is 43.1 Å². The number of phenols is 5. The van der Waals surface area contributed by atoms with Crippen molar-refractivity contribution in [2.75, 3.05) is 0 Å². The number of phenolic OH excluding ortho intramolecular Hbond substituents is 5. The fourth-order valence-electron chi connectivity index (χ4n) is 3.40. The number of nitrogens with zero attached hydrogens (tertiary/aromatic N) is 3. The summed E-state index contributed by atoms with van der Waals surface area (Å²) in [5.41, 5.74) is 0.150. The lowest BCUT2D eigenvalue weighted by atomic mass is 10.1. The summed E-state index contributed by atoms with van der Waals surface area (Å²) in [6.07, 6.45) is 0. The second-order valence-electron chi connectivity index (χ2n) is 6.65. The van der Waals surface area contributed by atoms with Crippen LogP contribution in [0.25, 0.3) is 42.9 Å². The lowest BCUT2D eigenvalue weighted by Gasteiger charge is -2.12. The summed E-state index contributed by atoms with van der Waals surface area (Å²) in [7, 11) is 0. The summed E-state index contributed by atoms with van der Waals surface area (Å²) in [4.78, 5) is 12.4. The minimum absolute atomic E-state index is 0.165. The van der Waals surface area contributed by atoms with Gasteiger partial charge in [-0.25, -0.2) is 4.98 Å². The number of aromatic nitrogens is 3. The first kappa shape index (κ1) is 19.2. The fraction of sp³-hybridized carbons (Fsp3) is 0. The van der Waals surface area contributed by atoms with Gasteiger partial charge < -0.3 is 25.5 Å². The number of fused-ring (bicyclic) bond motifs is 3. The molecule has 0 saturated heterocycles. The molecule has 2 aromatic heterocycles. The van der Waals surface area contributed by atoms with E-state index >= 15 is 0 Å². The van der Waals surface area contributed by atoms with Crippen molar-refractivity contribution in [3.05, 3.63) is 47.7 Å². The highest BCUT2D eigenvalue weighted by Crippen LogP contribution is 2.54. The number of aromatic hydroxyl groups is 5. The number of halogens is 1. The molecule has 8 nitrogen and oxygen atoms in total. The second kappa shape index (κ2) is 6.86. The quantitative estimate of drug-likeness (QED) is 0.190. The molecule has 0 amide bonds. The standard InChI is InChI=1S/C21H12ClN3O5S/c22-21-24-19(10-6-3-5-9-8-4-1-2-7-11(8)31-18(9)10)23-20(25-21)12-13(26)15(28)17(30)16(29)14(12)27/h1-7,26-30H. The molecule has 0 fully saturated rings. The first-order valence-corrected chi connectivity index (χ1v) is 10.1. The highest BCUT2D eigenvalue weighted by Gasteiger charge is 2.27. The van der Waals surface area contributed by atoms with Gasteiger partial charge in [0.15, 0.2) is 23.1 Å². The number of benzene rings is 3. The first-order valence-electron chi connectivity index (χ1n) is 8.88. The number of hydrogen-bond acceptors (Lipinski definition) is 9. The van der Waals surface area contributed by atoms with E-state index in [1.54, 1.807) is 17.4 Å². The highest BCUT2D eigenvalue weighted by molar-refractivity contribution is 7.26. The SMILES string of the molecule is Oc1c(O)c(O)c(-c2nc(Cl)nc(-c3cccc4c3sc3ccccc34)n2)c(O)c1O. The van der Waals surface area contributed by atoms with Gasteiger partial charge in [0, 0.05) is 25.7 Å². The van der Waals surface area contributed by atoms with Crippen LogP contribution in [-0.4, -0.2) is 40.5 Å². The smallest absolute Gasteiger partial charge is 0.226 e. The van der Waals surface area contributed by atoms with E-state index < -0.39 is 34.3 Å². The average Bonchev–Trinajstić information content (AvgIpc) is 3.15. The van der Waals surface area contributed by atoms with Crippen LogP contribution in [0.15, 0.2) is 42.5 Å². The Balaban J connectivity index is 1.79. The Labute approximate surface area is 182 Å². The van der Waals surface area contributed by atoms with E-state index in [4.69, 9.17) is 11.6 Å². The predicted octanol–water partition coefficient (Wildman–Crippen LogP) is 4.75. The normalized spacial score (nSPS) is 11.4. The number of rotatable bonds is 2. The zero-order valence-electron chi connectivity index (χ0n) is 15.4.